The average molecular weight is 341 g/mol. The highest BCUT2D eigenvalue weighted by Crippen LogP contribution is 2.25. The van der Waals surface area contributed by atoms with E-state index in [0.717, 1.165) is 6.07 Å². The molecule has 0 unspecified atom stereocenters. The molecule has 23 heavy (non-hydrogen) atoms. The van der Waals surface area contributed by atoms with E-state index < -0.39 is 27.9 Å². The van der Waals surface area contributed by atoms with Gasteiger partial charge < -0.3 is 9.84 Å². The number of carbonyl (C=O) groups is 2. The van der Waals surface area contributed by atoms with E-state index >= 15 is 0 Å². The van der Waals surface area contributed by atoms with Crippen LogP contribution in [0.1, 0.15) is 30.1 Å². The smallest absolute Gasteiger partial charge is 0.335 e. The van der Waals surface area contributed by atoms with Crippen LogP contribution >= 0.6 is 0 Å². The third-order valence-electron chi connectivity index (χ3n) is 3.72. The van der Waals surface area contributed by atoms with Crippen LogP contribution in [0, 0.1) is 5.92 Å². The van der Waals surface area contributed by atoms with Crippen LogP contribution < -0.4 is 0 Å². The third-order valence-corrected chi connectivity index (χ3v) is 5.58. The Labute approximate surface area is 134 Å². The van der Waals surface area contributed by atoms with Gasteiger partial charge in [0, 0.05) is 13.1 Å². The zero-order valence-electron chi connectivity index (χ0n) is 12.8. The fourth-order valence-electron chi connectivity index (χ4n) is 2.55. The number of benzene rings is 1. The highest BCUT2D eigenvalue weighted by Gasteiger charge is 2.34. The Balaban J connectivity index is 2.23. The number of hydrogen-bond acceptors (Lipinski definition) is 5. The number of ether oxygens (including phenoxy) is 1. The molecule has 0 amide bonds. The predicted molar refractivity (Wildman–Crippen MR) is 81.5 cm³/mol. The summed E-state index contributed by atoms with van der Waals surface area (Å²) >= 11 is 0. The zero-order chi connectivity index (χ0) is 17.0. The topological polar surface area (TPSA) is 101 Å². The summed E-state index contributed by atoms with van der Waals surface area (Å²) in [7, 11) is -3.84. The minimum absolute atomic E-state index is 0.0540. The molecule has 0 radical (unpaired) electrons. The molecule has 1 aromatic carbocycles. The molecule has 1 atom stereocenters. The molecular formula is C15H19NO6S. The molecule has 0 spiro atoms. The Hall–Kier alpha value is -1.93. The molecule has 2 rings (SSSR count). The monoisotopic (exact) mass is 341 g/mol. The summed E-state index contributed by atoms with van der Waals surface area (Å²) in [5.74, 6) is -2.07. The summed E-state index contributed by atoms with van der Waals surface area (Å²) in [6, 6.07) is 5.21. The Morgan fingerprint density at radius 2 is 2.13 bits per heavy atom. The van der Waals surface area contributed by atoms with Gasteiger partial charge in [-0.25, -0.2) is 13.2 Å². The van der Waals surface area contributed by atoms with Gasteiger partial charge in [0.15, 0.2) is 0 Å². The molecule has 1 aliphatic rings. The summed E-state index contributed by atoms with van der Waals surface area (Å²) in [6.45, 7) is 2.31. The Bertz CT molecular complexity index is 700. The van der Waals surface area contributed by atoms with Crippen molar-refractivity contribution in [3.63, 3.8) is 0 Å². The summed E-state index contributed by atoms with van der Waals surface area (Å²) in [4.78, 5) is 22.7. The van der Waals surface area contributed by atoms with Gasteiger partial charge >= 0.3 is 11.9 Å². The van der Waals surface area contributed by atoms with Gasteiger partial charge in [-0.3, -0.25) is 4.79 Å². The second-order valence-corrected chi connectivity index (χ2v) is 7.23. The van der Waals surface area contributed by atoms with Crippen LogP contribution in [0.25, 0.3) is 0 Å². The summed E-state index contributed by atoms with van der Waals surface area (Å²) in [5, 5.41) is 8.99. The first-order valence-corrected chi connectivity index (χ1v) is 8.80. The standard InChI is InChI=1S/C15H19NO6S/c1-2-22-15(19)12-6-4-8-16(10-12)23(20,21)13-7-3-5-11(9-13)14(17)18/h3,5,7,9,12H,2,4,6,8,10H2,1H3,(H,17,18)/t12-/m1/s1. The Morgan fingerprint density at radius 3 is 2.78 bits per heavy atom. The van der Waals surface area contributed by atoms with Gasteiger partial charge in [0.25, 0.3) is 0 Å². The van der Waals surface area contributed by atoms with Gasteiger partial charge in [-0.1, -0.05) is 6.07 Å². The van der Waals surface area contributed by atoms with Crippen molar-refractivity contribution in [3.05, 3.63) is 29.8 Å². The van der Waals surface area contributed by atoms with Crippen molar-refractivity contribution >= 4 is 22.0 Å². The highest BCUT2D eigenvalue weighted by molar-refractivity contribution is 7.89. The second-order valence-electron chi connectivity index (χ2n) is 5.29. The maximum absolute atomic E-state index is 12.7. The Morgan fingerprint density at radius 1 is 1.39 bits per heavy atom. The zero-order valence-corrected chi connectivity index (χ0v) is 13.6. The average Bonchev–Trinajstić information content (AvgIpc) is 2.55. The van der Waals surface area contributed by atoms with E-state index in [1.54, 1.807) is 6.92 Å². The molecule has 1 aliphatic heterocycles. The van der Waals surface area contributed by atoms with E-state index in [4.69, 9.17) is 9.84 Å². The fraction of sp³-hybridized carbons (Fsp3) is 0.467. The van der Waals surface area contributed by atoms with Crippen LogP contribution in [0.15, 0.2) is 29.2 Å². The first kappa shape index (κ1) is 17.4. The van der Waals surface area contributed by atoms with Crippen molar-refractivity contribution in [2.45, 2.75) is 24.7 Å². The van der Waals surface area contributed by atoms with E-state index in [2.05, 4.69) is 0 Å². The maximum atomic E-state index is 12.7. The summed E-state index contributed by atoms with van der Waals surface area (Å²) in [6.07, 6.45) is 1.14. The van der Waals surface area contributed by atoms with Crippen LogP contribution in [0.4, 0.5) is 0 Å². The van der Waals surface area contributed by atoms with Crippen LogP contribution in [-0.2, 0) is 19.6 Å². The molecule has 126 valence electrons. The summed E-state index contributed by atoms with van der Waals surface area (Å²) in [5.41, 5.74) is -0.0926. The number of hydrogen-bond donors (Lipinski definition) is 1. The second kappa shape index (κ2) is 7.10. The predicted octanol–water partition coefficient (Wildman–Crippen LogP) is 1.35. The molecule has 0 bridgehead atoms. The molecule has 0 aromatic heterocycles. The molecule has 1 N–H and O–H groups in total. The number of carbonyl (C=O) groups excluding carboxylic acids is 1. The van der Waals surface area contributed by atoms with Crippen molar-refractivity contribution < 1.29 is 27.9 Å². The number of sulfonamides is 1. The quantitative estimate of drug-likeness (QED) is 0.811. The number of piperidine rings is 1. The van der Waals surface area contributed by atoms with Crippen LogP contribution in [0.5, 0.6) is 0 Å². The summed E-state index contributed by atoms with van der Waals surface area (Å²) < 4.78 is 31.5. The molecule has 7 nitrogen and oxygen atoms in total. The Kier molecular flexibility index (Phi) is 5.38. The van der Waals surface area contributed by atoms with Crippen LogP contribution in [0.3, 0.4) is 0 Å². The van der Waals surface area contributed by atoms with Gasteiger partial charge in [0.2, 0.25) is 10.0 Å². The van der Waals surface area contributed by atoms with Crippen molar-refractivity contribution in [1.29, 1.82) is 0 Å². The fourth-order valence-corrected chi connectivity index (χ4v) is 4.12. The van der Waals surface area contributed by atoms with Crippen LogP contribution in [-0.4, -0.2) is 49.5 Å². The van der Waals surface area contributed by atoms with E-state index in [-0.39, 0.29) is 23.6 Å². The molecule has 1 saturated heterocycles. The van der Waals surface area contributed by atoms with Gasteiger partial charge in [0.1, 0.15) is 0 Å². The minimum Gasteiger partial charge on any atom is -0.478 e. The number of aromatic carboxylic acids is 1. The van der Waals surface area contributed by atoms with Crippen molar-refractivity contribution in [3.8, 4) is 0 Å². The van der Waals surface area contributed by atoms with Gasteiger partial charge in [-0.05, 0) is 38.0 Å². The van der Waals surface area contributed by atoms with Crippen molar-refractivity contribution in [2.75, 3.05) is 19.7 Å². The van der Waals surface area contributed by atoms with Crippen molar-refractivity contribution in [2.24, 2.45) is 5.92 Å². The number of carboxylic acids is 1. The number of carboxylic acid groups (broad SMARTS) is 1. The van der Waals surface area contributed by atoms with Gasteiger partial charge in [-0.15, -0.1) is 0 Å². The molecule has 0 aliphatic carbocycles. The first-order valence-electron chi connectivity index (χ1n) is 7.36. The van der Waals surface area contributed by atoms with E-state index in [9.17, 15) is 18.0 Å². The van der Waals surface area contributed by atoms with Crippen molar-refractivity contribution in [1.82, 2.24) is 4.31 Å². The molecule has 1 aromatic rings. The lowest BCUT2D eigenvalue weighted by atomic mass is 10.0. The lowest BCUT2D eigenvalue weighted by Crippen LogP contribution is -2.42. The van der Waals surface area contributed by atoms with E-state index in [1.165, 1.54) is 22.5 Å². The number of rotatable bonds is 5. The SMILES string of the molecule is CCOC(=O)[C@@H]1CCCN(S(=O)(=O)c2cccc(C(=O)O)c2)C1. The number of esters is 1. The largest absolute Gasteiger partial charge is 0.478 e. The first-order chi connectivity index (χ1) is 10.9. The minimum atomic E-state index is -3.84. The van der Waals surface area contributed by atoms with Gasteiger partial charge in [0.05, 0.1) is 23.0 Å². The highest BCUT2D eigenvalue weighted by atomic mass is 32.2. The molecular weight excluding hydrogens is 322 g/mol. The van der Waals surface area contributed by atoms with Gasteiger partial charge in [-0.2, -0.15) is 4.31 Å². The molecule has 0 saturated carbocycles. The third kappa shape index (κ3) is 3.89. The molecule has 1 heterocycles. The van der Waals surface area contributed by atoms with Crippen LogP contribution in [0.2, 0.25) is 0 Å². The lowest BCUT2D eigenvalue weighted by Gasteiger charge is -2.30. The lowest BCUT2D eigenvalue weighted by molar-refractivity contribution is -0.149. The molecule has 8 heteroatoms. The normalized spacial score (nSPS) is 19.3. The maximum Gasteiger partial charge on any atom is 0.335 e. The van der Waals surface area contributed by atoms with E-state index in [1.807, 2.05) is 0 Å². The van der Waals surface area contributed by atoms with E-state index in [0.29, 0.717) is 19.4 Å². The number of nitrogens with zero attached hydrogens (tertiary/aromatic N) is 1. The molecule has 1 fully saturated rings.